The monoisotopic (exact) mass is 335 g/mol. The Kier molecular flexibility index (Phi) is 5.69. The van der Waals surface area contributed by atoms with Crippen molar-refractivity contribution < 1.29 is 14.5 Å². The molecule has 0 saturated carbocycles. The highest BCUT2D eigenvalue weighted by atomic mass is 32.1. The lowest BCUT2D eigenvalue weighted by atomic mass is 10.2. The molecule has 0 spiro atoms. The minimum Gasteiger partial charge on any atom is -0.460 e. The summed E-state index contributed by atoms with van der Waals surface area (Å²) >= 11 is 1.35. The predicted octanol–water partition coefficient (Wildman–Crippen LogP) is 1.44. The highest BCUT2D eigenvalue weighted by Gasteiger charge is 2.08. The standard InChI is InChI=1S/C13H13N5O4S/c14-11(15-6-12-17-16-8-23-12)5-13(19)22-7-9-1-3-10(4-2-9)18(20)21/h1-4,8H,5-7H2,(H2,14,15). The molecule has 1 aromatic carbocycles. The van der Waals surface area contributed by atoms with Crippen LogP contribution in [0.15, 0.2) is 34.8 Å². The second kappa shape index (κ2) is 7.94. The molecule has 0 fully saturated rings. The number of nitrogens with zero attached hydrogens (tertiary/aromatic N) is 4. The first-order valence-electron chi connectivity index (χ1n) is 6.47. The van der Waals surface area contributed by atoms with E-state index < -0.39 is 10.9 Å². The molecule has 0 atom stereocenters. The van der Waals surface area contributed by atoms with E-state index in [-0.39, 0.29) is 31.1 Å². The van der Waals surface area contributed by atoms with Crippen molar-refractivity contribution in [2.45, 2.75) is 19.6 Å². The third-order valence-electron chi connectivity index (χ3n) is 2.69. The third kappa shape index (κ3) is 5.43. The lowest BCUT2D eigenvalue weighted by molar-refractivity contribution is -0.384. The minimum atomic E-state index is -0.526. The van der Waals surface area contributed by atoms with Crippen molar-refractivity contribution in [1.82, 2.24) is 10.2 Å². The molecule has 120 valence electrons. The Hall–Kier alpha value is -2.88. The van der Waals surface area contributed by atoms with E-state index in [4.69, 9.17) is 10.5 Å². The molecule has 0 radical (unpaired) electrons. The first kappa shape index (κ1) is 16.5. The van der Waals surface area contributed by atoms with Crippen molar-refractivity contribution in [1.29, 1.82) is 0 Å². The van der Waals surface area contributed by atoms with E-state index in [1.54, 1.807) is 5.51 Å². The second-order valence-corrected chi connectivity index (χ2v) is 5.32. The summed E-state index contributed by atoms with van der Waals surface area (Å²) in [6.07, 6.45) is -0.133. The number of aliphatic imine (C=N–C) groups is 1. The molecular formula is C13H13N5O4S. The maximum atomic E-state index is 11.6. The van der Waals surface area contributed by atoms with Crippen LogP contribution in [0, 0.1) is 10.1 Å². The van der Waals surface area contributed by atoms with Crippen LogP contribution in [-0.2, 0) is 22.7 Å². The topological polar surface area (TPSA) is 134 Å². The van der Waals surface area contributed by atoms with Crippen LogP contribution in [0.5, 0.6) is 0 Å². The zero-order valence-electron chi connectivity index (χ0n) is 11.9. The van der Waals surface area contributed by atoms with Gasteiger partial charge in [-0.3, -0.25) is 19.9 Å². The van der Waals surface area contributed by atoms with Crippen molar-refractivity contribution in [3.8, 4) is 0 Å². The molecule has 2 N–H and O–H groups in total. The molecule has 1 heterocycles. The smallest absolute Gasteiger partial charge is 0.313 e. The van der Waals surface area contributed by atoms with Gasteiger partial charge in [0.25, 0.3) is 5.69 Å². The molecule has 0 aliphatic heterocycles. The summed E-state index contributed by atoms with van der Waals surface area (Å²) in [6, 6.07) is 5.75. The van der Waals surface area contributed by atoms with Crippen LogP contribution in [0.1, 0.15) is 17.0 Å². The van der Waals surface area contributed by atoms with Crippen LogP contribution in [0.25, 0.3) is 0 Å². The van der Waals surface area contributed by atoms with Crippen LogP contribution in [0.2, 0.25) is 0 Å². The summed E-state index contributed by atoms with van der Waals surface area (Å²) in [4.78, 5) is 25.7. The molecule has 10 heteroatoms. The molecular weight excluding hydrogens is 322 g/mol. The average molecular weight is 335 g/mol. The number of benzene rings is 1. The summed E-state index contributed by atoms with van der Waals surface area (Å²) < 4.78 is 5.04. The summed E-state index contributed by atoms with van der Waals surface area (Å²) in [7, 11) is 0. The Balaban J connectivity index is 1.78. The fraction of sp³-hybridized carbons (Fsp3) is 0.231. The van der Waals surface area contributed by atoms with Gasteiger partial charge >= 0.3 is 5.97 Å². The normalized spacial score (nSPS) is 11.2. The number of amidine groups is 1. The summed E-state index contributed by atoms with van der Waals surface area (Å²) in [5.74, 6) is -0.379. The number of carbonyl (C=O) groups excluding carboxylic acids is 1. The fourth-order valence-corrected chi connectivity index (χ4v) is 2.02. The molecule has 0 aliphatic rings. The average Bonchev–Trinajstić information content (AvgIpc) is 3.05. The van der Waals surface area contributed by atoms with Gasteiger partial charge in [-0.15, -0.1) is 21.5 Å². The highest BCUT2D eigenvalue weighted by molar-refractivity contribution is 7.09. The van der Waals surface area contributed by atoms with Gasteiger partial charge in [0.2, 0.25) is 0 Å². The van der Waals surface area contributed by atoms with Gasteiger partial charge in [-0.1, -0.05) is 0 Å². The molecule has 0 unspecified atom stereocenters. The molecule has 2 aromatic rings. The highest BCUT2D eigenvalue weighted by Crippen LogP contribution is 2.12. The number of rotatable bonds is 7. The van der Waals surface area contributed by atoms with Crippen LogP contribution >= 0.6 is 11.3 Å². The summed E-state index contributed by atoms with van der Waals surface area (Å²) in [6.45, 7) is 0.284. The number of non-ortho nitro benzene ring substituents is 1. The van der Waals surface area contributed by atoms with E-state index in [0.717, 1.165) is 0 Å². The molecule has 0 amide bonds. The summed E-state index contributed by atoms with van der Waals surface area (Å²) in [5.41, 5.74) is 7.85. The van der Waals surface area contributed by atoms with Gasteiger partial charge in [-0.2, -0.15) is 0 Å². The zero-order chi connectivity index (χ0) is 16.7. The fourth-order valence-electron chi connectivity index (χ4n) is 1.57. The van der Waals surface area contributed by atoms with Gasteiger partial charge in [-0.05, 0) is 17.7 Å². The Morgan fingerprint density at radius 1 is 1.39 bits per heavy atom. The first-order chi connectivity index (χ1) is 11.0. The van der Waals surface area contributed by atoms with Gasteiger partial charge in [0.05, 0.1) is 11.5 Å². The van der Waals surface area contributed by atoms with Crippen molar-refractivity contribution in [3.05, 3.63) is 50.5 Å². The van der Waals surface area contributed by atoms with Crippen LogP contribution < -0.4 is 5.73 Å². The lowest BCUT2D eigenvalue weighted by Crippen LogP contribution is -2.19. The number of nitrogens with two attached hydrogens (primary N) is 1. The number of nitro benzene ring substituents is 1. The predicted molar refractivity (Wildman–Crippen MR) is 82.7 cm³/mol. The zero-order valence-corrected chi connectivity index (χ0v) is 12.7. The molecule has 2 rings (SSSR count). The molecule has 0 aliphatic carbocycles. The van der Waals surface area contributed by atoms with Crippen LogP contribution in [0.3, 0.4) is 0 Å². The van der Waals surface area contributed by atoms with Crippen molar-refractivity contribution in [3.63, 3.8) is 0 Å². The van der Waals surface area contributed by atoms with Crippen LogP contribution in [0.4, 0.5) is 5.69 Å². The Morgan fingerprint density at radius 2 is 2.13 bits per heavy atom. The Labute approximate surface area is 135 Å². The molecule has 23 heavy (non-hydrogen) atoms. The number of esters is 1. The van der Waals surface area contributed by atoms with E-state index in [1.165, 1.54) is 35.6 Å². The van der Waals surface area contributed by atoms with Crippen molar-refractivity contribution in [2.75, 3.05) is 0 Å². The molecule has 1 aromatic heterocycles. The number of ether oxygens (including phenoxy) is 1. The molecule has 0 saturated heterocycles. The summed E-state index contributed by atoms with van der Waals surface area (Å²) in [5, 5.41) is 18.7. The maximum absolute atomic E-state index is 11.6. The number of nitro groups is 1. The quantitative estimate of drug-likeness (QED) is 0.266. The number of hydrogen-bond donors (Lipinski definition) is 1. The maximum Gasteiger partial charge on any atom is 0.313 e. The van der Waals surface area contributed by atoms with Gasteiger partial charge in [0.15, 0.2) is 0 Å². The van der Waals surface area contributed by atoms with Gasteiger partial charge in [-0.25, -0.2) is 0 Å². The van der Waals surface area contributed by atoms with Crippen molar-refractivity contribution in [2.24, 2.45) is 10.7 Å². The Bertz CT molecular complexity index is 700. The first-order valence-corrected chi connectivity index (χ1v) is 7.35. The molecule has 0 bridgehead atoms. The molecule has 9 nitrogen and oxygen atoms in total. The number of aromatic nitrogens is 2. The van der Waals surface area contributed by atoms with E-state index in [0.29, 0.717) is 10.6 Å². The third-order valence-corrected chi connectivity index (χ3v) is 3.38. The SMILES string of the molecule is NC(CC(=O)OCc1ccc([N+](=O)[O-])cc1)=NCc1nncs1. The minimum absolute atomic E-state index is 0.0144. The lowest BCUT2D eigenvalue weighted by Gasteiger charge is -2.04. The van der Waals surface area contributed by atoms with Gasteiger partial charge in [0.1, 0.15) is 29.4 Å². The van der Waals surface area contributed by atoms with Gasteiger partial charge in [0, 0.05) is 12.1 Å². The second-order valence-electron chi connectivity index (χ2n) is 4.40. The number of hydrogen-bond acceptors (Lipinski definition) is 8. The number of carbonyl (C=O) groups is 1. The Morgan fingerprint density at radius 3 is 2.74 bits per heavy atom. The van der Waals surface area contributed by atoms with E-state index in [9.17, 15) is 14.9 Å². The van der Waals surface area contributed by atoms with E-state index >= 15 is 0 Å². The van der Waals surface area contributed by atoms with E-state index in [1.807, 2.05) is 0 Å². The van der Waals surface area contributed by atoms with E-state index in [2.05, 4.69) is 15.2 Å². The van der Waals surface area contributed by atoms with Crippen LogP contribution in [-0.4, -0.2) is 26.9 Å². The largest absolute Gasteiger partial charge is 0.460 e. The van der Waals surface area contributed by atoms with Gasteiger partial charge < -0.3 is 10.5 Å². The van der Waals surface area contributed by atoms with Crippen molar-refractivity contribution >= 4 is 28.8 Å².